The van der Waals surface area contributed by atoms with Crippen LogP contribution in [0.25, 0.3) is 0 Å². The number of benzene rings is 2. The number of aliphatic hydroxyl groups is 1. The molecule has 6 heteroatoms. The first-order chi connectivity index (χ1) is 15.7. The minimum Gasteiger partial charge on any atom is -0.383 e. The third-order valence-electron chi connectivity index (χ3n) is 6.25. The van der Waals surface area contributed by atoms with Crippen LogP contribution in [-0.2, 0) is 21.5 Å². The Morgan fingerprint density at radius 1 is 1.06 bits per heavy atom. The van der Waals surface area contributed by atoms with Gasteiger partial charge in [0.15, 0.2) is 5.96 Å². The Balaban J connectivity index is 1.54. The topological polar surface area (TPSA) is 66.3 Å². The number of guanidine groups is 1. The van der Waals surface area contributed by atoms with Crippen molar-refractivity contribution in [3.8, 4) is 0 Å². The SMILES string of the molecule is CCNC(=NCC(O)(Cc1ccccc1)c1ccccc1)N1CCOC(C2CCCO2)C1. The summed E-state index contributed by atoms with van der Waals surface area (Å²) in [4.78, 5) is 7.17. The zero-order valence-corrected chi connectivity index (χ0v) is 19.0. The molecule has 2 fully saturated rings. The van der Waals surface area contributed by atoms with E-state index in [1.54, 1.807) is 0 Å². The standard InChI is InChI=1S/C26H35N3O3/c1-2-27-25(29-15-17-32-24(19-29)23-14-9-16-31-23)28-20-26(30,22-12-7-4-8-13-22)18-21-10-5-3-6-11-21/h3-8,10-13,23-24,30H,2,9,14-20H2,1H3,(H,27,28). The second-order valence-corrected chi connectivity index (χ2v) is 8.64. The van der Waals surface area contributed by atoms with Crippen LogP contribution < -0.4 is 5.32 Å². The van der Waals surface area contributed by atoms with Crippen LogP contribution in [0, 0.1) is 0 Å². The number of hydrogen-bond acceptors (Lipinski definition) is 4. The van der Waals surface area contributed by atoms with E-state index in [-0.39, 0.29) is 18.8 Å². The number of aliphatic imine (C=N–C) groups is 1. The van der Waals surface area contributed by atoms with Gasteiger partial charge in [-0.15, -0.1) is 0 Å². The Morgan fingerprint density at radius 2 is 1.78 bits per heavy atom. The fourth-order valence-electron chi connectivity index (χ4n) is 4.55. The molecule has 4 rings (SSSR count). The predicted molar refractivity (Wildman–Crippen MR) is 127 cm³/mol. The van der Waals surface area contributed by atoms with Crippen LogP contribution in [0.5, 0.6) is 0 Å². The molecule has 2 aliphatic heterocycles. The molecule has 2 aromatic carbocycles. The van der Waals surface area contributed by atoms with Gasteiger partial charge in [-0.25, -0.2) is 4.99 Å². The van der Waals surface area contributed by atoms with E-state index in [1.165, 1.54) is 0 Å². The van der Waals surface area contributed by atoms with Gasteiger partial charge in [0.05, 0.1) is 19.3 Å². The van der Waals surface area contributed by atoms with Gasteiger partial charge in [-0.3, -0.25) is 0 Å². The first kappa shape index (κ1) is 22.8. The van der Waals surface area contributed by atoms with E-state index < -0.39 is 5.60 Å². The van der Waals surface area contributed by atoms with Gasteiger partial charge in [0, 0.05) is 32.7 Å². The molecule has 0 aliphatic carbocycles. The normalized spacial score (nSPS) is 23.7. The summed E-state index contributed by atoms with van der Waals surface area (Å²) in [6, 6.07) is 20.0. The van der Waals surface area contributed by atoms with Crippen molar-refractivity contribution in [3.63, 3.8) is 0 Å². The summed E-state index contributed by atoms with van der Waals surface area (Å²) in [7, 11) is 0. The average molecular weight is 438 g/mol. The maximum Gasteiger partial charge on any atom is 0.194 e. The first-order valence-electron chi connectivity index (χ1n) is 11.8. The summed E-state index contributed by atoms with van der Waals surface area (Å²) < 4.78 is 11.9. The fourth-order valence-corrected chi connectivity index (χ4v) is 4.55. The summed E-state index contributed by atoms with van der Waals surface area (Å²) >= 11 is 0. The predicted octanol–water partition coefficient (Wildman–Crippen LogP) is 2.96. The Kier molecular flexibility index (Phi) is 7.79. The van der Waals surface area contributed by atoms with Crippen LogP contribution in [0.3, 0.4) is 0 Å². The molecule has 2 heterocycles. The van der Waals surface area contributed by atoms with Crippen LogP contribution in [0.1, 0.15) is 30.9 Å². The van der Waals surface area contributed by atoms with Gasteiger partial charge in [0.2, 0.25) is 0 Å². The Bertz CT molecular complexity index is 855. The molecule has 0 bridgehead atoms. The van der Waals surface area contributed by atoms with Crippen LogP contribution in [0.4, 0.5) is 0 Å². The van der Waals surface area contributed by atoms with Crippen LogP contribution >= 0.6 is 0 Å². The molecule has 2 saturated heterocycles. The van der Waals surface area contributed by atoms with E-state index in [4.69, 9.17) is 14.5 Å². The summed E-state index contributed by atoms with van der Waals surface area (Å²) in [5.74, 6) is 0.821. The molecular weight excluding hydrogens is 402 g/mol. The molecule has 2 aliphatic rings. The highest BCUT2D eigenvalue weighted by molar-refractivity contribution is 5.80. The zero-order valence-electron chi connectivity index (χ0n) is 19.0. The largest absolute Gasteiger partial charge is 0.383 e. The van der Waals surface area contributed by atoms with E-state index in [1.807, 2.05) is 48.5 Å². The van der Waals surface area contributed by atoms with Crippen LogP contribution in [0.15, 0.2) is 65.7 Å². The Hall–Kier alpha value is -2.41. The van der Waals surface area contributed by atoms with E-state index in [2.05, 4.69) is 29.3 Å². The van der Waals surface area contributed by atoms with Gasteiger partial charge < -0.3 is 24.8 Å². The number of ether oxygens (including phenoxy) is 2. The first-order valence-corrected chi connectivity index (χ1v) is 11.8. The third kappa shape index (κ3) is 5.68. The maximum absolute atomic E-state index is 11.8. The average Bonchev–Trinajstić information content (AvgIpc) is 3.38. The Morgan fingerprint density at radius 3 is 2.47 bits per heavy atom. The molecule has 2 N–H and O–H groups in total. The minimum absolute atomic E-state index is 0.0624. The lowest BCUT2D eigenvalue weighted by Crippen LogP contribution is -2.53. The van der Waals surface area contributed by atoms with E-state index in [0.717, 1.165) is 56.2 Å². The zero-order chi connectivity index (χ0) is 22.2. The van der Waals surface area contributed by atoms with E-state index in [0.29, 0.717) is 13.0 Å². The molecule has 0 spiro atoms. The van der Waals surface area contributed by atoms with Crippen LogP contribution in [-0.4, -0.2) is 67.6 Å². The lowest BCUT2D eigenvalue weighted by molar-refractivity contribution is -0.0817. The van der Waals surface area contributed by atoms with Crippen molar-refractivity contribution in [2.24, 2.45) is 4.99 Å². The van der Waals surface area contributed by atoms with Crippen LogP contribution in [0.2, 0.25) is 0 Å². The van der Waals surface area contributed by atoms with Gasteiger partial charge in [-0.05, 0) is 30.9 Å². The molecule has 0 aromatic heterocycles. The summed E-state index contributed by atoms with van der Waals surface area (Å²) in [6.07, 6.45) is 2.88. The molecule has 0 amide bonds. The third-order valence-corrected chi connectivity index (χ3v) is 6.25. The van der Waals surface area contributed by atoms with Gasteiger partial charge in [0.25, 0.3) is 0 Å². The highest BCUT2D eigenvalue weighted by Crippen LogP contribution is 2.27. The fraction of sp³-hybridized carbons (Fsp3) is 0.500. The molecule has 6 nitrogen and oxygen atoms in total. The van der Waals surface area contributed by atoms with Crippen molar-refractivity contribution in [1.82, 2.24) is 10.2 Å². The van der Waals surface area contributed by atoms with Gasteiger partial charge in [-0.2, -0.15) is 0 Å². The minimum atomic E-state index is -1.09. The molecule has 32 heavy (non-hydrogen) atoms. The number of hydrogen-bond donors (Lipinski definition) is 2. The molecule has 3 unspecified atom stereocenters. The quantitative estimate of drug-likeness (QED) is 0.515. The van der Waals surface area contributed by atoms with Crippen molar-refractivity contribution in [3.05, 3.63) is 71.8 Å². The Labute approximate surface area is 191 Å². The number of morpholine rings is 1. The maximum atomic E-state index is 11.8. The molecule has 2 aromatic rings. The van der Waals surface area contributed by atoms with Gasteiger partial charge in [0.1, 0.15) is 11.7 Å². The smallest absolute Gasteiger partial charge is 0.194 e. The van der Waals surface area contributed by atoms with Crippen molar-refractivity contribution in [1.29, 1.82) is 0 Å². The molecule has 0 radical (unpaired) electrons. The van der Waals surface area contributed by atoms with Gasteiger partial charge in [-0.1, -0.05) is 60.7 Å². The molecular formula is C26H35N3O3. The number of nitrogens with zero attached hydrogens (tertiary/aromatic N) is 2. The monoisotopic (exact) mass is 437 g/mol. The highest BCUT2D eigenvalue weighted by atomic mass is 16.5. The second kappa shape index (κ2) is 10.9. The summed E-state index contributed by atoms with van der Waals surface area (Å²) in [5, 5.41) is 15.2. The lowest BCUT2D eigenvalue weighted by Gasteiger charge is -2.37. The summed E-state index contributed by atoms with van der Waals surface area (Å²) in [5.41, 5.74) is 0.871. The molecule has 3 atom stereocenters. The van der Waals surface area contributed by atoms with Crippen molar-refractivity contribution in [2.75, 3.05) is 39.4 Å². The van der Waals surface area contributed by atoms with Crippen molar-refractivity contribution < 1.29 is 14.6 Å². The highest BCUT2D eigenvalue weighted by Gasteiger charge is 2.33. The van der Waals surface area contributed by atoms with Gasteiger partial charge >= 0.3 is 0 Å². The summed E-state index contributed by atoms with van der Waals surface area (Å²) in [6.45, 7) is 6.11. The molecule has 0 saturated carbocycles. The lowest BCUT2D eigenvalue weighted by atomic mass is 9.87. The number of rotatable bonds is 7. The van der Waals surface area contributed by atoms with E-state index in [9.17, 15) is 5.11 Å². The van der Waals surface area contributed by atoms with E-state index >= 15 is 0 Å². The second-order valence-electron chi connectivity index (χ2n) is 8.64. The molecule has 172 valence electrons. The number of nitrogens with one attached hydrogen (secondary N) is 1. The van der Waals surface area contributed by atoms with Crippen molar-refractivity contribution in [2.45, 2.75) is 44.0 Å². The van der Waals surface area contributed by atoms with Crippen molar-refractivity contribution >= 4 is 5.96 Å².